The monoisotopic (exact) mass is 876 g/mol. The van der Waals surface area contributed by atoms with Gasteiger partial charge >= 0.3 is 0 Å². The highest BCUT2D eigenvalue weighted by Gasteiger charge is 2.41. The zero-order chi connectivity index (χ0) is 44.2. The van der Waals surface area contributed by atoms with Crippen LogP contribution in [0.25, 0.3) is 66.1 Å². The molecule has 0 saturated carbocycles. The molecule has 0 amide bonds. The highest BCUT2D eigenvalue weighted by atomic mass is 28.3. The molecular formula is C62H48N2Si2. The standard InChI is InChI=1S/C62H48N2Si2/c1-65(2,61-37-21-17-31-51(61)45-23-7-3-8-24-45)62-38-22-20-36-59(62)64-57-35-19-15-32-52(57)54-41-39-46(43-60(54)64)63-56-34-18-16-33-53(56)55-44-50(40-42-58(55)63)66(47-25-9-4-10-26-47,48-27-11-5-12-28-48)49-29-13-6-14-30-49/h3-44H,1-2H3. The van der Waals surface area contributed by atoms with Crippen molar-refractivity contribution in [1.82, 2.24) is 9.13 Å². The van der Waals surface area contributed by atoms with Crippen molar-refractivity contribution in [3.63, 3.8) is 0 Å². The molecule has 4 heteroatoms. The van der Waals surface area contributed by atoms with Gasteiger partial charge in [0.1, 0.15) is 8.07 Å². The molecule has 0 radical (unpaired) electrons. The minimum Gasteiger partial charge on any atom is -0.309 e. The normalized spacial score (nSPS) is 12.1. The van der Waals surface area contributed by atoms with Gasteiger partial charge in [-0.3, -0.25) is 0 Å². The molecule has 0 fully saturated rings. The number of hydrogen-bond acceptors (Lipinski definition) is 0. The molecule has 0 saturated heterocycles. The van der Waals surface area contributed by atoms with Crippen molar-refractivity contribution in [2.45, 2.75) is 13.1 Å². The second-order valence-electron chi connectivity index (χ2n) is 18.0. The number of hydrogen-bond donors (Lipinski definition) is 0. The smallest absolute Gasteiger partial charge is 0.179 e. The Bertz CT molecular complexity index is 3620. The lowest BCUT2D eigenvalue weighted by Gasteiger charge is -2.34. The van der Waals surface area contributed by atoms with Crippen LogP contribution in [0.4, 0.5) is 0 Å². The fourth-order valence-corrected chi connectivity index (χ4v) is 19.0. The van der Waals surface area contributed by atoms with E-state index in [9.17, 15) is 0 Å². The summed E-state index contributed by atoms with van der Waals surface area (Å²) in [5.41, 5.74) is 9.79. The average molecular weight is 877 g/mol. The first-order valence-corrected chi connectivity index (χ1v) is 28.0. The molecule has 12 aromatic rings. The van der Waals surface area contributed by atoms with Crippen molar-refractivity contribution in [2.24, 2.45) is 0 Å². The summed E-state index contributed by atoms with van der Waals surface area (Å²) in [6.07, 6.45) is 0. The average Bonchev–Trinajstić information content (AvgIpc) is 3.90. The zero-order valence-corrected chi connectivity index (χ0v) is 39.1. The Morgan fingerprint density at radius 1 is 0.303 bits per heavy atom. The summed E-state index contributed by atoms with van der Waals surface area (Å²) in [4.78, 5) is 0. The van der Waals surface area contributed by atoms with Gasteiger partial charge in [0, 0.05) is 32.9 Å². The quantitative estimate of drug-likeness (QED) is 0.101. The second-order valence-corrected chi connectivity index (χ2v) is 26.2. The van der Waals surface area contributed by atoms with Crippen LogP contribution in [0, 0.1) is 0 Å². The summed E-state index contributed by atoms with van der Waals surface area (Å²) in [6, 6.07) is 95.2. The predicted molar refractivity (Wildman–Crippen MR) is 287 cm³/mol. The Morgan fingerprint density at radius 3 is 1.41 bits per heavy atom. The van der Waals surface area contributed by atoms with Gasteiger partial charge in [-0.05, 0) is 78.6 Å². The molecule has 0 unspecified atom stereocenters. The van der Waals surface area contributed by atoms with Crippen molar-refractivity contribution in [2.75, 3.05) is 0 Å². The van der Waals surface area contributed by atoms with Crippen molar-refractivity contribution >= 4 is 90.9 Å². The number of fused-ring (bicyclic) bond motifs is 6. The third kappa shape index (κ3) is 6.21. The van der Waals surface area contributed by atoms with Crippen LogP contribution in [0.3, 0.4) is 0 Å². The molecule has 0 spiro atoms. The van der Waals surface area contributed by atoms with Gasteiger partial charge in [0.25, 0.3) is 0 Å². The van der Waals surface area contributed by atoms with E-state index in [0.29, 0.717) is 0 Å². The van der Waals surface area contributed by atoms with Crippen molar-refractivity contribution in [3.05, 3.63) is 255 Å². The van der Waals surface area contributed by atoms with E-state index in [-0.39, 0.29) is 0 Å². The topological polar surface area (TPSA) is 9.86 Å². The van der Waals surface area contributed by atoms with Gasteiger partial charge in [-0.25, -0.2) is 0 Å². The van der Waals surface area contributed by atoms with Gasteiger partial charge in [0.2, 0.25) is 0 Å². The third-order valence-corrected chi connectivity index (χ3v) is 22.5. The molecule has 66 heavy (non-hydrogen) atoms. The minimum absolute atomic E-state index is 1.15. The Kier molecular flexibility index (Phi) is 9.67. The summed E-state index contributed by atoms with van der Waals surface area (Å²) in [5.74, 6) is 0. The van der Waals surface area contributed by atoms with Crippen molar-refractivity contribution < 1.29 is 0 Å². The van der Waals surface area contributed by atoms with E-state index < -0.39 is 16.1 Å². The summed E-state index contributed by atoms with van der Waals surface area (Å²) < 4.78 is 5.04. The van der Waals surface area contributed by atoms with Crippen molar-refractivity contribution in [3.8, 4) is 22.5 Å². The molecule has 0 bridgehead atoms. The fourth-order valence-electron chi connectivity index (χ4n) is 11.1. The summed E-state index contributed by atoms with van der Waals surface area (Å²) in [5, 5.41) is 13.4. The molecule has 2 nitrogen and oxygen atoms in total. The van der Waals surface area contributed by atoms with E-state index in [2.05, 4.69) is 277 Å². The van der Waals surface area contributed by atoms with Crippen LogP contribution >= 0.6 is 0 Å². The van der Waals surface area contributed by atoms with E-state index in [0.717, 1.165) is 5.69 Å². The maximum atomic E-state index is 2.55. The number of rotatable bonds is 9. The van der Waals surface area contributed by atoms with Crippen LogP contribution in [0.1, 0.15) is 0 Å². The van der Waals surface area contributed by atoms with Crippen LogP contribution in [0.2, 0.25) is 13.1 Å². The number of benzene rings is 10. The molecule has 2 aromatic heterocycles. The largest absolute Gasteiger partial charge is 0.309 e. The highest BCUT2D eigenvalue weighted by Crippen LogP contribution is 2.37. The van der Waals surface area contributed by atoms with Gasteiger partial charge in [-0.2, -0.15) is 0 Å². The van der Waals surface area contributed by atoms with E-state index >= 15 is 0 Å². The molecule has 10 aromatic carbocycles. The van der Waals surface area contributed by atoms with Crippen LogP contribution < -0.4 is 31.1 Å². The Hall–Kier alpha value is -7.77. The van der Waals surface area contributed by atoms with Gasteiger partial charge in [-0.15, -0.1) is 0 Å². The molecule has 0 atom stereocenters. The number of para-hydroxylation sites is 3. The number of aromatic nitrogens is 2. The van der Waals surface area contributed by atoms with Crippen molar-refractivity contribution in [1.29, 1.82) is 0 Å². The van der Waals surface area contributed by atoms with E-state index in [1.54, 1.807) is 0 Å². The SMILES string of the molecule is C[Si](C)(c1ccccc1-c1ccccc1)c1ccccc1-n1c2ccccc2c2ccc(-n3c4ccccc4c4cc([Si](c5ccccc5)(c5ccccc5)c5ccccc5)ccc43)cc21. The zero-order valence-electron chi connectivity index (χ0n) is 37.1. The molecule has 0 N–H and O–H groups in total. The molecule has 0 aliphatic rings. The van der Waals surface area contributed by atoms with Crippen LogP contribution in [-0.2, 0) is 0 Å². The second kappa shape index (κ2) is 16.0. The molecule has 12 rings (SSSR count). The van der Waals surface area contributed by atoms with Gasteiger partial charge in [-0.1, -0.05) is 231 Å². The Morgan fingerprint density at radius 2 is 0.773 bits per heavy atom. The van der Waals surface area contributed by atoms with Crippen LogP contribution in [0.15, 0.2) is 255 Å². The van der Waals surface area contributed by atoms with Gasteiger partial charge < -0.3 is 9.13 Å². The lowest BCUT2D eigenvalue weighted by atomic mass is 10.1. The lowest BCUT2D eigenvalue weighted by Crippen LogP contribution is -2.74. The summed E-state index contributed by atoms with van der Waals surface area (Å²) >= 11 is 0. The molecule has 314 valence electrons. The summed E-state index contributed by atoms with van der Waals surface area (Å²) in [6.45, 7) is 5.04. The van der Waals surface area contributed by atoms with Crippen LogP contribution in [0.5, 0.6) is 0 Å². The first-order valence-electron chi connectivity index (χ1n) is 23.0. The first kappa shape index (κ1) is 39.8. The molecule has 0 aliphatic carbocycles. The minimum atomic E-state index is -2.75. The van der Waals surface area contributed by atoms with E-state index in [4.69, 9.17) is 0 Å². The van der Waals surface area contributed by atoms with Crippen LogP contribution in [-0.4, -0.2) is 25.3 Å². The first-order chi connectivity index (χ1) is 32.5. The van der Waals surface area contributed by atoms with Gasteiger partial charge in [0.15, 0.2) is 8.07 Å². The summed E-state index contributed by atoms with van der Waals surface area (Å²) in [7, 11) is -5.07. The van der Waals surface area contributed by atoms with E-state index in [1.165, 1.54) is 91.5 Å². The number of nitrogens with zero attached hydrogens (tertiary/aromatic N) is 2. The maximum absolute atomic E-state index is 2.75. The van der Waals surface area contributed by atoms with Gasteiger partial charge in [0.05, 0.1) is 22.1 Å². The third-order valence-electron chi connectivity index (χ3n) is 14.1. The molecule has 0 aliphatic heterocycles. The Labute approximate surface area is 388 Å². The lowest BCUT2D eigenvalue weighted by molar-refractivity contribution is 1.16. The molecule has 2 heterocycles. The Balaban J connectivity index is 1.09. The maximum Gasteiger partial charge on any atom is 0.179 e. The predicted octanol–water partition coefficient (Wildman–Crippen LogP) is 11.7. The fraction of sp³-hybridized carbons (Fsp3) is 0.0323. The highest BCUT2D eigenvalue weighted by molar-refractivity contribution is 7.20. The van der Waals surface area contributed by atoms with E-state index in [1.807, 2.05) is 0 Å². The molecular weight excluding hydrogens is 829 g/mol.